The molecule has 0 saturated carbocycles. The first-order chi connectivity index (χ1) is 15.0. The number of para-hydroxylation sites is 1. The first kappa shape index (κ1) is 18.4. The molecule has 1 unspecified atom stereocenters. The summed E-state index contributed by atoms with van der Waals surface area (Å²) in [6, 6.07) is 24.5. The Morgan fingerprint density at radius 2 is 1.68 bits per heavy atom. The fourth-order valence-corrected chi connectivity index (χ4v) is 5.38. The van der Waals surface area contributed by atoms with Gasteiger partial charge in [0.15, 0.2) is 0 Å². The molecule has 2 aliphatic rings. The molecule has 31 heavy (non-hydrogen) atoms. The molecule has 3 aromatic carbocycles. The summed E-state index contributed by atoms with van der Waals surface area (Å²) >= 11 is 0. The maximum Gasteiger partial charge on any atom is 0.0682 e. The van der Waals surface area contributed by atoms with Gasteiger partial charge in [0, 0.05) is 21.7 Å². The quantitative estimate of drug-likeness (QED) is 0.327. The Labute approximate surface area is 183 Å². The molecule has 0 bridgehead atoms. The van der Waals surface area contributed by atoms with Crippen LogP contribution in [0.1, 0.15) is 44.4 Å². The van der Waals surface area contributed by atoms with Crippen molar-refractivity contribution in [2.75, 3.05) is 0 Å². The summed E-state index contributed by atoms with van der Waals surface area (Å²) < 4.78 is 2.54. The van der Waals surface area contributed by atoms with Gasteiger partial charge in [0.05, 0.1) is 23.0 Å². The van der Waals surface area contributed by atoms with Crippen molar-refractivity contribution in [1.29, 1.82) is 0 Å². The molecule has 1 atom stereocenters. The largest absolute Gasteiger partial charge is 0.333 e. The van der Waals surface area contributed by atoms with Crippen molar-refractivity contribution < 1.29 is 0 Å². The number of benzene rings is 3. The van der Waals surface area contributed by atoms with Crippen LogP contribution in [0.5, 0.6) is 0 Å². The van der Waals surface area contributed by atoms with Gasteiger partial charge >= 0.3 is 0 Å². The fourth-order valence-electron chi connectivity index (χ4n) is 5.38. The molecule has 0 radical (unpaired) electrons. The Morgan fingerprint density at radius 3 is 2.48 bits per heavy atom. The summed E-state index contributed by atoms with van der Waals surface area (Å²) in [6.45, 7) is 6.83. The number of fused-ring (bicyclic) bond motifs is 4. The molecule has 0 spiro atoms. The van der Waals surface area contributed by atoms with Crippen molar-refractivity contribution in [2.24, 2.45) is 4.99 Å². The van der Waals surface area contributed by atoms with Crippen molar-refractivity contribution >= 4 is 33.2 Å². The molecule has 0 saturated heterocycles. The summed E-state index contributed by atoms with van der Waals surface area (Å²) in [7, 11) is 0. The molecule has 0 fully saturated rings. The average Bonchev–Trinajstić information content (AvgIpc) is 3.24. The number of aromatic nitrogens is 1. The van der Waals surface area contributed by atoms with Crippen LogP contribution in [-0.2, 0) is 5.41 Å². The van der Waals surface area contributed by atoms with Gasteiger partial charge in [0.2, 0.25) is 0 Å². The number of aliphatic imine (C=N–C) groups is 1. The van der Waals surface area contributed by atoms with Crippen molar-refractivity contribution in [2.45, 2.75) is 38.6 Å². The van der Waals surface area contributed by atoms with Gasteiger partial charge in [-0.3, -0.25) is 4.99 Å². The Bertz CT molecular complexity index is 1430. The Balaban J connectivity index is 1.62. The molecule has 2 nitrogen and oxygen atoms in total. The number of allylic oxidation sites excluding steroid dienone is 4. The minimum Gasteiger partial charge on any atom is -0.333 e. The van der Waals surface area contributed by atoms with Crippen LogP contribution in [0.4, 0.5) is 5.69 Å². The standard InChI is InChI=1S/C29H26N2/c1-19-10-9-13-21(16-19)31-26-15-8-7-14-22(26)23-17-25-24(18-27(23)31)29(2,3)28(30-25)20-11-5-4-6-12-20/h4-15,17-18,21H,16H2,1-3H3. The molecule has 0 amide bonds. The molecule has 6 rings (SSSR count). The Hall–Kier alpha value is -3.39. The van der Waals surface area contributed by atoms with E-state index in [9.17, 15) is 0 Å². The van der Waals surface area contributed by atoms with Crippen LogP contribution in [0, 0.1) is 0 Å². The first-order valence-electron chi connectivity index (χ1n) is 11.1. The third-order valence-corrected chi connectivity index (χ3v) is 6.95. The Morgan fingerprint density at radius 1 is 0.903 bits per heavy atom. The van der Waals surface area contributed by atoms with E-state index < -0.39 is 0 Å². The third kappa shape index (κ3) is 2.68. The molecule has 1 aliphatic carbocycles. The molecule has 2 heterocycles. The summed E-state index contributed by atoms with van der Waals surface area (Å²) in [6.07, 6.45) is 7.82. The lowest BCUT2D eigenvalue weighted by molar-refractivity contribution is 0.628. The molecule has 1 aromatic heterocycles. The highest BCUT2D eigenvalue weighted by molar-refractivity contribution is 6.16. The zero-order valence-electron chi connectivity index (χ0n) is 18.3. The van der Waals surface area contributed by atoms with E-state index >= 15 is 0 Å². The number of hydrogen-bond donors (Lipinski definition) is 0. The van der Waals surface area contributed by atoms with Crippen LogP contribution in [0.2, 0.25) is 0 Å². The molecule has 2 heteroatoms. The van der Waals surface area contributed by atoms with E-state index in [2.05, 4.69) is 110 Å². The van der Waals surface area contributed by atoms with Gasteiger partial charge in [0.1, 0.15) is 0 Å². The van der Waals surface area contributed by atoms with Gasteiger partial charge in [0.25, 0.3) is 0 Å². The lowest BCUT2D eigenvalue weighted by Crippen LogP contribution is -2.26. The van der Waals surface area contributed by atoms with E-state index in [0.717, 1.165) is 17.8 Å². The van der Waals surface area contributed by atoms with E-state index in [4.69, 9.17) is 4.99 Å². The van der Waals surface area contributed by atoms with Crippen molar-refractivity contribution in [3.8, 4) is 0 Å². The second kappa shape index (κ2) is 6.55. The smallest absolute Gasteiger partial charge is 0.0682 e. The molecule has 152 valence electrons. The maximum absolute atomic E-state index is 5.15. The Kier molecular flexibility index (Phi) is 3.89. The van der Waals surface area contributed by atoms with Crippen LogP contribution in [0.25, 0.3) is 21.8 Å². The van der Waals surface area contributed by atoms with Crippen LogP contribution in [0.15, 0.2) is 95.5 Å². The number of hydrogen-bond acceptors (Lipinski definition) is 1. The first-order valence-corrected chi connectivity index (χ1v) is 11.1. The highest BCUT2D eigenvalue weighted by Crippen LogP contribution is 2.46. The monoisotopic (exact) mass is 402 g/mol. The van der Waals surface area contributed by atoms with Gasteiger partial charge in [-0.2, -0.15) is 0 Å². The summed E-state index contributed by atoms with van der Waals surface area (Å²) in [5.74, 6) is 0. The lowest BCUT2D eigenvalue weighted by Gasteiger charge is -2.24. The van der Waals surface area contributed by atoms with Gasteiger partial charge in [-0.05, 0) is 42.7 Å². The van der Waals surface area contributed by atoms with Crippen LogP contribution >= 0.6 is 0 Å². The second-order valence-corrected chi connectivity index (χ2v) is 9.39. The minimum atomic E-state index is -0.135. The van der Waals surface area contributed by atoms with Gasteiger partial charge in [-0.15, -0.1) is 0 Å². The van der Waals surface area contributed by atoms with Crippen molar-refractivity contribution in [1.82, 2.24) is 4.57 Å². The predicted octanol–water partition coefficient (Wildman–Crippen LogP) is 7.65. The van der Waals surface area contributed by atoms with E-state index in [0.29, 0.717) is 6.04 Å². The lowest BCUT2D eigenvalue weighted by atomic mass is 9.78. The van der Waals surface area contributed by atoms with Crippen LogP contribution < -0.4 is 0 Å². The molecule has 0 N–H and O–H groups in total. The van der Waals surface area contributed by atoms with E-state index in [1.807, 2.05) is 0 Å². The highest BCUT2D eigenvalue weighted by Gasteiger charge is 2.36. The normalized spacial score (nSPS) is 19.5. The molecule has 4 aromatic rings. The van der Waals surface area contributed by atoms with E-state index in [-0.39, 0.29) is 5.41 Å². The second-order valence-electron chi connectivity index (χ2n) is 9.39. The molecular weight excluding hydrogens is 376 g/mol. The predicted molar refractivity (Wildman–Crippen MR) is 132 cm³/mol. The maximum atomic E-state index is 5.15. The van der Waals surface area contributed by atoms with Gasteiger partial charge in [-0.1, -0.05) is 86.2 Å². The van der Waals surface area contributed by atoms with Gasteiger partial charge in [-0.25, -0.2) is 0 Å². The van der Waals surface area contributed by atoms with E-state index in [1.165, 1.54) is 38.5 Å². The summed E-state index contributed by atoms with van der Waals surface area (Å²) in [5.41, 5.74) is 8.68. The number of rotatable bonds is 2. The molecular formula is C29H26N2. The fraction of sp³-hybridized carbons (Fsp3) is 0.207. The summed E-state index contributed by atoms with van der Waals surface area (Å²) in [5, 5.41) is 2.60. The minimum absolute atomic E-state index is 0.135. The zero-order valence-corrected chi connectivity index (χ0v) is 18.3. The summed E-state index contributed by atoms with van der Waals surface area (Å²) in [4.78, 5) is 5.15. The third-order valence-electron chi connectivity index (χ3n) is 6.95. The van der Waals surface area contributed by atoms with Crippen LogP contribution in [-0.4, -0.2) is 10.3 Å². The number of nitrogens with zero attached hydrogens (tertiary/aromatic N) is 2. The van der Waals surface area contributed by atoms with E-state index in [1.54, 1.807) is 0 Å². The molecule has 1 aliphatic heterocycles. The SMILES string of the molecule is CC1=CC=CC(n2c3ccccc3c3cc4c(cc32)C(C)(C)C(c2ccccc2)=N4)C1. The van der Waals surface area contributed by atoms with Crippen LogP contribution in [0.3, 0.4) is 0 Å². The highest BCUT2D eigenvalue weighted by atomic mass is 15.0. The van der Waals surface area contributed by atoms with Gasteiger partial charge < -0.3 is 4.57 Å². The van der Waals surface area contributed by atoms with Crippen molar-refractivity contribution in [3.63, 3.8) is 0 Å². The zero-order chi connectivity index (χ0) is 21.2. The topological polar surface area (TPSA) is 17.3 Å². The average molecular weight is 403 g/mol. The van der Waals surface area contributed by atoms with Crippen molar-refractivity contribution in [3.05, 3.63) is 102 Å².